The normalized spacial score (nSPS) is 10.2. The Morgan fingerprint density at radius 1 is 1.31 bits per heavy atom. The number of aldehydes is 1. The van der Waals surface area contributed by atoms with Crippen LogP contribution in [0.15, 0.2) is 24.3 Å². The van der Waals surface area contributed by atoms with Gasteiger partial charge in [-0.05, 0) is 0 Å². The third kappa shape index (κ3) is 3.89. The number of carbonyl (C=O) groups excluding carboxylic acids is 1. The second kappa shape index (κ2) is 6.13. The zero-order valence-electron chi connectivity index (χ0n) is 7.82. The molecule has 72 valence electrons. The van der Waals surface area contributed by atoms with Gasteiger partial charge in [0.25, 0.3) is 0 Å². The van der Waals surface area contributed by atoms with Crippen LogP contribution >= 0.6 is 21.2 Å². The van der Waals surface area contributed by atoms with Crippen molar-refractivity contribution in [3.8, 4) is 0 Å². The van der Waals surface area contributed by atoms with Crippen LogP contribution in [0.2, 0.25) is 0 Å². The van der Waals surface area contributed by atoms with E-state index < -0.39 is 0 Å². The molecule has 0 fully saturated rings. The number of halogens is 1. The molecule has 0 aliphatic carbocycles. The van der Waals surface area contributed by atoms with E-state index in [1.54, 1.807) is 0 Å². The van der Waals surface area contributed by atoms with Crippen LogP contribution in [0.5, 0.6) is 0 Å². The van der Waals surface area contributed by atoms with E-state index in [0.717, 1.165) is 11.8 Å². The maximum absolute atomic E-state index is 10.4. The fraction of sp³-hybridized carbons (Fsp3) is 0.364. The Morgan fingerprint density at radius 2 is 2.00 bits per heavy atom. The van der Waals surface area contributed by atoms with Gasteiger partial charge in [0, 0.05) is 0 Å². The van der Waals surface area contributed by atoms with E-state index in [1.165, 1.54) is 20.8 Å². The Labute approximate surface area is 89.8 Å². The molecule has 0 unspecified atom stereocenters. The number of unbranched alkanes of at least 4 members (excludes halogenated alkanes) is 1. The van der Waals surface area contributed by atoms with Crippen LogP contribution in [-0.4, -0.2) is 10.7 Å². The summed E-state index contributed by atoms with van der Waals surface area (Å²) in [5, 5.41) is 0. The fourth-order valence-electron chi connectivity index (χ4n) is 0.977. The van der Waals surface area contributed by atoms with Crippen molar-refractivity contribution in [3.63, 3.8) is 0 Å². The molecule has 0 saturated heterocycles. The molecule has 0 amide bonds. The van der Waals surface area contributed by atoms with Gasteiger partial charge in [-0.2, -0.15) is 0 Å². The van der Waals surface area contributed by atoms with Gasteiger partial charge in [-0.25, -0.2) is 0 Å². The van der Waals surface area contributed by atoms with Gasteiger partial charge in [0.15, 0.2) is 0 Å². The van der Waals surface area contributed by atoms with Gasteiger partial charge >= 0.3 is 89.9 Å². The fourth-order valence-corrected chi connectivity index (χ4v) is 3.82. The van der Waals surface area contributed by atoms with E-state index >= 15 is 0 Å². The molecular weight excluding hydrogens is 275 g/mol. The minimum absolute atomic E-state index is 0.0144. The second-order valence-electron chi connectivity index (χ2n) is 2.89. The van der Waals surface area contributed by atoms with E-state index in [1.807, 2.05) is 12.1 Å². The third-order valence-electron chi connectivity index (χ3n) is 1.78. The van der Waals surface area contributed by atoms with Crippen LogP contribution in [0.4, 0.5) is 0 Å². The van der Waals surface area contributed by atoms with Crippen molar-refractivity contribution in [2.45, 2.75) is 19.8 Å². The van der Waals surface area contributed by atoms with Crippen molar-refractivity contribution in [1.82, 2.24) is 0 Å². The van der Waals surface area contributed by atoms with Gasteiger partial charge in [-0.1, -0.05) is 0 Å². The molecule has 0 N–H and O–H groups in total. The summed E-state index contributed by atoms with van der Waals surface area (Å²) in [5.74, 6) is 0. The van der Waals surface area contributed by atoms with E-state index in [-0.39, 0.29) is 21.2 Å². The molecular formula is C11H15IO. The van der Waals surface area contributed by atoms with Gasteiger partial charge in [-0.15, -0.1) is 0 Å². The molecule has 1 rings (SSSR count). The van der Waals surface area contributed by atoms with Crippen molar-refractivity contribution >= 4 is 27.5 Å². The van der Waals surface area contributed by atoms with Crippen LogP contribution < -0.4 is 0 Å². The van der Waals surface area contributed by atoms with Gasteiger partial charge < -0.3 is 0 Å². The summed E-state index contributed by atoms with van der Waals surface area (Å²) in [6, 6.07) is 8.03. The standard InChI is InChI=1S/C11H15IO/c1-2-3-8-12-11-6-4-10(9-13)5-7-11/h4-7,9,12H,2-3,8H2,1H3. The zero-order valence-corrected chi connectivity index (χ0v) is 10.2. The molecule has 0 bridgehead atoms. The minimum atomic E-state index is 0.0144. The van der Waals surface area contributed by atoms with Crippen molar-refractivity contribution in [3.05, 3.63) is 33.4 Å². The van der Waals surface area contributed by atoms with Crippen molar-refractivity contribution in [2.24, 2.45) is 0 Å². The Balaban J connectivity index is 2.44. The van der Waals surface area contributed by atoms with Gasteiger partial charge in [0.1, 0.15) is 0 Å². The van der Waals surface area contributed by atoms with E-state index in [4.69, 9.17) is 0 Å². The first-order chi connectivity index (χ1) is 6.36. The molecule has 2 heteroatoms. The molecule has 0 spiro atoms. The summed E-state index contributed by atoms with van der Waals surface area (Å²) < 4.78 is 2.84. The SMILES string of the molecule is CCCC[IH]c1ccc(C=O)cc1. The summed E-state index contributed by atoms with van der Waals surface area (Å²) in [4.78, 5) is 10.4. The number of rotatable bonds is 5. The molecule has 1 aromatic rings. The number of hydrogen-bond donors (Lipinski definition) is 0. The summed E-state index contributed by atoms with van der Waals surface area (Å²) in [6.07, 6.45) is 3.53. The van der Waals surface area contributed by atoms with Crippen LogP contribution in [0.1, 0.15) is 30.1 Å². The topological polar surface area (TPSA) is 17.1 Å². The Kier molecular flexibility index (Phi) is 5.05. The molecule has 0 heterocycles. The molecule has 0 aliphatic heterocycles. The quantitative estimate of drug-likeness (QED) is 0.352. The van der Waals surface area contributed by atoms with Gasteiger partial charge in [-0.3, -0.25) is 0 Å². The Hall–Kier alpha value is -0.380. The van der Waals surface area contributed by atoms with Gasteiger partial charge in [0.05, 0.1) is 0 Å². The number of hydrogen-bond acceptors (Lipinski definition) is 1. The Bertz CT molecular complexity index is 253. The number of carbonyl (C=O) groups is 1. The Morgan fingerprint density at radius 3 is 2.54 bits per heavy atom. The number of benzene rings is 1. The first-order valence-electron chi connectivity index (χ1n) is 4.55. The summed E-state index contributed by atoms with van der Waals surface area (Å²) >= 11 is 0.0144. The molecule has 0 saturated carbocycles. The van der Waals surface area contributed by atoms with Crippen LogP contribution in [0.3, 0.4) is 0 Å². The van der Waals surface area contributed by atoms with Crippen molar-refractivity contribution < 1.29 is 4.79 Å². The van der Waals surface area contributed by atoms with Crippen LogP contribution in [0.25, 0.3) is 0 Å². The van der Waals surface area contributed by atoms with E-state index in [0.29, 0.717) is 0 Å². The molecule has 1 nitrogen and oxygen atoms in total. The van der Waals surface area contributed by atoms with Crippen molar-refractivity contribution in [2.75, 3.05) is 4.43 Å². The summed E-state index contributed by atoms with van der Waals surface area (Å²) in [6.45, 7) is 2.22. The monoisotopic (exact) mass is 290 g/mol. The maximum atomic E-state index is 10.4. The van der Waals surface area contributed by atoms with Crippen LogP contribution in [-0.2, 0) is 0 Å². The van der Waals surface area contributed by atoms with Crippen LogP contribution in [0, 0.1) is 3.57 Å². The van der Waals surface area contributed by atoms with E-state index in [9.17, 15) is 4.79 Å². The van der Waals surface area contributed by atoms with Gasteiger partial charge in [0.2, 0.25) is 0 Å². The summed E-state index contributed by atoms with van der Waals surface area (Å²) in [5.41, 5.74) is 0.784. The third-order valence-corrected chi connectivity index (χ3v) is 4.92. The zero-order chi connectivity index (χ0) is 9.52. The first kappa shape index (κ1) is 10.7. The average molecular weight is 290 g/mol. The number of alkyl halides is 1. The van der Waals surface area contributed by atoms with Crippen molar-refractivity contribution in [1.29, 1.82) is 0 Å². The average Bonchev–Trinajstić information content (AvgIpc) is 2.19. The predicted molar refractivity (Wildman–Crippen MR) is 65.7 cm³/mol. The summed E-state index contributed by atoms with van der Waals surface area (Å²) in [7, 11) is 0. The second-order valence-corrected chi connectivity index (χ2v) is 6.22. The molecule has 1 aromatic carbocycles. The molecule has 0 aliphatic rings. The van der Waals surface area contributed by atoms with E-state index in [2.05, 4.69) is 19.1 Å². The molecule has 0 aromatic heterocycles. The first-order valence-corrected chi connectivity index (χ1v) is 7.36. The molecule has 13 heavy (non-hydrogen) atoms. The molecule has 0 radical (unpaired) electrons. The predicted octanol–water partition coefficient (Wildman–Crippen LogP) is 3.17. The molecule has 0 atom stereocenters.